The Hall–Kier alpha value is -2.14. The molecule has 26 heavy (non-hydrogen) atoms. The zero-order valence-electron chi connectivity index (χ0n) is 14.9. The SMILES string of the molecule is CC(C)CC(C=O)NC(=O)[C@H](CCC(N)=O)NC(=O)C(CC(N)=O)NS. The number of primary amides is 2. The van der Waals surface area contributed by atoms with E-state index in [1.807, 2.05) is 13.8 Å². The topological polar surface area (TPSA) is 173 Å². The number of carbonyl (C=O) groups is 5. The van der Waals surface area contributed by atoms with Crippen molar-refractivity contribution >= 4 is 42.7 Å². The third-order valence-corrected chi connectivity index (χ3v) is 3.72. The number of hydrogen-bond donors (Lipinski definition) is 6. The van der Waals surface area contributed by atoms with E-state index in [9.17, 15) is 24.0 Å². The predicted molar refractivity (Wildman–Crippen MR) is 97.5 cm³/mol. The van der Waals surface area contributed by atoms with E-state index in [-0.39, 0.29) is 25.2 Å². The Kier molecular flexibility index (Phi) is 11.2. The molecule has 0 aromatic rings. The van der Waals surface area contributed by atoms with E-state index < -0.39 is 41.8 Å². The second-order valence-electron chi connectivity index (χ2n) is 6.30. The van der Waals surface area contributed by atoms with Gasteiger partial charge in [-0.15, -0.1) is 0 Å². The van der Waals surface area contributed by atoms with Gasteiger partial charge in [0.2, 0.25) is 23.6 Å². The maximum absolute atomic E-state index is 12.4. The van der Waals surface area contributed by atoms with Crippen LogP contribution in [0.25, 0.3) is 0 Å². The highest BCUT2D eigenvalue weighted by molar-refractivity contribution is 7.78. The van der Waals surface area contributed by atoms with Crippen LogP contribution in [-0.2, 0) is 24.0 Å². The molecule has 0 rings (SSSR count). The van der Waals surface area contributed by atoms with E-state index in [4.69, 9.17) is 11.5 Å². The molecule has 2 unspecified atom stereocenters. The van der Waals surface area contributed by atoms with Gasteiger partial charge < -0.3 is 26.9 Å². The van der Waals surface area contributed by atoms with Crippen molar-refractivity contribution in [3.05, 3.63) is 0 Å². The molecule has 10 nitrogen and oxygen atoms in total. The van der Waals surface area contributed by atoms with Crippen LogP contribution < -0.4 is 26.8 Å². The van der Waals surface area contributed by atoms with Gasteiger partial charge in [0.25, 0.3) is 0 Å². The zero-order chi connectivity index (χ0) is 20.3. The van der Waals surface area contributed by atoms with Crippen molar-refractivity contribution < 1.29 is 24.0 Å². The summed E-state index contributed by atoms with van der Waals surface area (Å²) < 4.78 is 2.32. The van der Waals surface area contributed by atoms with Crippen molar-refractivity contribution in [3.63, 3.8) is 0 Å². The number of hydrogen-bond acceptors (Lipinski definition) is 7. The molecule has 0 aliphatic carbocycles. The average molecular weight is 389 g/mol. The van der Waals surface area contributed by atoms with E-state index >= 15 is 0 Å². The first kappa shape index (κ1) is 23.9. The minimum atomic E-state index is -1.11. The lowest BCUT2D eigenvalue weighted by atomic mass is 10.0. The Labute approximate surface area is 157 Å². The van der Waals surface area contributed by atoms with Gasteiger partial charge in [-0.1, -0.05) is 26.7 Å². The van der Waals surface area contributed by atoms with Crippen LogP contribution in [0.15, 0.2) is 0 Å². The van der Waals surface area contributed by atoms with Crippen LogP contribution in [0.5, 0.6) is 0 Å². The lowest BCUT2D eigenvalue weighted by molar-refractivity contribution is -0.132. The number of carbonyl (C=O) groups excluding carboxylic acids is 5. The maximum atomic E-state index is 12.4. The van der Waals surface area contributed by atoms with Crippen LogP contribution in [0, 0.1) is 5.92 Å². The van der Waals surface area contributed by atoms with E-state index in [2.05, 4.69) is 28.2 Å². The first-order valence-corrected chi connectivity index (χ1v) is 8.57. The van der Waals surface area contributed by atoms with Gasteiger partial charge in [-0.05, 0) is 18.8 Å². The third-order valence-electron chi connectivity index (χ3n) is 3.41. The normalized spacial score (nSPS) is 14.2. The summed E-state index contributed by atoms with van der Waals surface area (Å²) in [7, 11) is 0. The van der Waals surface area contributed by atoms with Crippen LogP contribution in [0.1, 0.15) is 39.5 Å². The first-order valence-electron chi connectivity index (χ1n) is 8.12. The Bertz CT molecular complexity index is 529. The second-order valence-corrected chi connectivity index (χ2v) is 6.56. The highest BCUT2D eigenvalue weighted by Gasteiger charge is 2.27. The second kappa shape index (κ2) is 12.3. The molecule has 4 amide bonds. The molecule has 0 radical (unpaired) electrons. The standard InChI is InChI=1S/C15H27N5O5S/c1-8(2)5-9(7-21)18-14(24)10(3-4-12(16)22)19-15(25)11(20-26)6-13(17)23/h7-11,20,26H,3-6H2,1-2H3,(H2,16,22)(H2,17,23)(H,18,24)(H,19,25)/t9?,10-,11?/m0/s1. The predicted octanol–water partition coefficient (Wildman–Crippen LogP) is -1.86. The molecular weight excluding hydrogens is 362 g/mol. The summed E-state index contributed by atoms with van der Waals surface area (Å²) in [5, 5.41) is 4.94. The minimum absolute atomic E-state index is 0.0595. The van der Waals surface area contributed by atoms with Crippen LogP contribution in [0.4, 0.5) is 0 Å². The van der Waals surface area contributed by atoms with Gasteiger partial charge in [-0.2, -0.15) is 0 Å². The van der Waals surface area contributed by atoms with Gasteiger partial charge in [0.15, 0.2) is 0 Å². The Balaban J connectivity index is 5.09. The largest absolute Gasteiger partial charge is 0.370 e. The van der Waals surface area contributed by atoms with Gasteiger partial charge in [-0.25, -0.2) is 0 Å². The summed E-state index contributed by atoms with van der Waals surface area (Å²) in [5.74, 6) is -2.54. The highest BCUT2D eigenvalue weighted by atomic mass is 32.1. The molecule has 3 atom stereocenters. The minimum Gasteiger partial charge on any atom is -0.370 e. The van der Waals surface area contributed by atoms with Crippen molar-refractivity contribution in [2.45, 2.75) is 57.7 Å². The lowest BCUT2D eigenvalue weighted by Crippen LogP contribution is -2.54. The number of nitrogens with one attached hydrogen (secondary N) is 3. The number of thiol groups is 1. The molecular formula is C15H27N5O5S. The Morgan fingerprint density at radius 1 is 1.00 bits per heavy atom. The molecule has 0 aliphatic heterocycles. The smallest absolute Gasteiger partial charge is 0.243 e. The molecule has 0 aromatic carbocycles. The fraction of sp³-hybridized carbons (Fsp3) is 0.667. The zero-order valence-corrected chi connectivity index (χ0v) is 15.8. The van der Waals surface area contributed by atoms with E-state index in [0.29, 0.717) is 12.7 Å². The molecule has 11 heteroatoms. The van der Waals surface area contributed by atoms with Gasteiger partial charge in [-0.3, -0.25) is 23.9 Å². The van der Waals surface area contributed by atoms with Crippen LogP contribution in [0.2, 0.25) is 0 Å². The van der Waals surface area contributed by atoms with Crippen LogP contribution >= 0.6 is 12.8 Å². The summed E-state index contributed by atoms with van der Waals surface area (Å²) in [6.07, 6.45) is 0.493. The highest BCUT2D eigenvalue weighted by Crippen LogP contribution is 2.05. The monoisotopic (exact) mass is 389 g/mol. The molecule has 0 spiro atoms. The summed E-state index contributed by atoms with van der Waals surface area (Å²) in [4.78, 5) is 57.7. The molecule has 0 aromatic heterocycles. The maximum Gasteiger partial charge on any atom is 0.243 e. The summed E-state index contributed by atoms with van der Waals surface area (Å²) >= 11 is 3.76. The van der Waals surface area contributed by atoms with Gasteiger partial charge in [0.05, 0.1) is 12.5 Å². The van der Waals surface area contributed by atoms with Crippen LogP contribution in [0.3, 0.4) is 0 Å². The van der Waals surface area contributed by atoms with Gasteiger partial charge in [0, 0.05) is 6.42 Å². The fourth-order valence-corrected chi connectivity index (χ4v) is 2.37. The van der Waals surface area contributed by atoms with Crippen molar-refractivity contribution in [3.8, 4) is 0 Å². The molecule has 0 heterocycles. The number of aldehydes is 1. The van der Waals surface area contributed by atoms with Crippen molar-refractivity contribution in [2.75, 3.05) is 0 Å². The average Bonchev–Trinajstić information content (AvgIpc) is 2.54. The lowest BCUT2D eigenvalue weighted by Gasteiger charge is -2.23. The van der Waals surface area contributed by atoms with E-state index in [1.54, 1.807) is 0 Å². The molecule has 0 bridgehead atoms. The van der Waals surface area contributed by atoms with Gasteiger partial charge in [0.1, 0.15) is 18.4 Å². The summed E-state index contributed by atoms with van der Waals surface area (Å²) in [6, 6.07) is -2.89. The Morgan fingerprint density at radius 2 is 1.58 bits per heavy atom. The molecule has 7 N–H and O–H groups in total. The summed E-state index contributed by atoms with van der Waals surface area (Å²) in [5.41, 5.74) is 10.1. The molecule has 0 aliphatic rings. The summed E-state index contributed by atoms with van der Waals surface area (Å²) in [6.45, 7) is 3.78. The number of nitrogens with two attached hydrogens (primary N) is 2. The first-order chi connectivity index (χ1) is 12.1. The van der Waals surface area contributed by atoms with Crippen LogP contribution in [-0.4, -0.2) is 48.0 Å². The number of amides is 4. The fourth-order valence-electron chi connectivity index (χ4n) is 2.17. The van der Waals surface area contributed by atoms with Crippen molar-refractivity contribution in [2.24, 2.45) is 17.4 Å². The molecule has 0 fully saturated rings. The van der Waals surface area contributed by atoms with Crippen molar-refractivity contribution in [1.82, 2.24) is 15.4 Å². The van der Waals surface area contributed by atoms with Gasteiger partial charge >= 0.3 is 0 Å². The molecule has 148 valence electrons. The van der Waals surface area contributed by atoms with E-state index in [0.717, 1.165) is 0 Å². The third kappa shape index (κ3) is 9.99. The Morgan fingerprint density at radius 3 is 2.00 bits per heavy atom. The van der Waals surface area contributed by atoms with Crippen molar-refractivity contribution in [1.29, 1.82) is 0 Å². The number of rotatable bonds is 13. The molecule has 0 saturated heterocycles. The molecule has 0 saturated carbocycles. The quantitative estimate of drug-likeness (QED) is 0.159. The van der Waals surface area contributed by atoms with E-state index in [1.165, 1.54) is 0 Å².